The summed E-state index contributed by atoms with van der Waals surface area (Å²) in [5.74, 6) is -0.0278. The third-order valence-electron chi connectivity index (χ3n) is 3.14. The lowest BCUT2D eigenvalue weighted by Gasteiger charge is -2.40. The molecule has 6 nitrogen and oxygen atoms in total. The van der Waals surface area contributed by atoms with Crippen LogP contribution in [0.25, 0.3) is 0 Å². The Morgan fingerprint density at radius 1 is 1.37 bits per heavy atom. The minimum atomic E-state index is -0.101. The second kappa shape index (κ2) is 5.71. The summed E-state index contributed by atoms with van der Waals surface area (Å²) >= 11 is 0. The maximum atomic E-state index is 8.01. The lowest BCUT2D eigenvalue weighted by molar-refractivity contribution is -0.0367. The Balaban J connectivity index is 2.29. The Hall–Kier alpha value is -2.08. The van der Waals surface area contributed by atoms with Crippen molar-refractivity contribution in [2.24, 2.45) is 16.5 Å². The number of nitrogens with one attached hydrogen (secondary N) is 1. The van der Waals surface area contributed by atoms with Gasteiger partial charge in [0.05, 0.1) is 18.8 Å². The first-order chi connectivity index (χ1) is 9.09. The standard InChI is InChI=1S/C13H19N5O/c1-9-11(10-5-3-2-4-6-10)18(7-8-19-9)13(16)17-12(14)15/h2-6,9,11H,7-8H2,1H3,(H5,14,15,16,17)/t9-,11-/m0/s1. The molecular weight excluding hydrogens is 242 g/mol. The van der Waals surface area contributed by atoms with Crippen LogP contribution in [-0.2, 0) is 4.74 Å². The number of nitrogens with two attached hydrogens (primary N) is 2. The Kier molecular flexibility index (Phi) is 4.01. The summed E-state index contributed by atoms with van der Waals surface area (Å²) < 4.78 is 5.68. The Morgan fingerprint density at radius 3 is 2.68 bits per heavy atom. The summed E-state index contributed by atoms with van der Waals surface area (Å²) in [5.41, 5.74) is 11.8. The van der Waals surface area contributed by atoms with Gasteiger partial charge in [-0.1, -0.05) is 30.3 Å². The molecule has 0 saturated carbocycles. The summed E-state index contributed by atoms with van der Waals surface area (Å²) in [5, 5.41) is 8.01. The predicted octanol–water partition coefficient (Wildman–Crippen LogP) is 0.657. The van der Waals surface area contributed by atoms with Crippen LogP contribution in [0, 0.1) is 5.41 Å². The molecule has 19 heavy (non-hydrogen) atoms. The van der Waals surface area contributed by atoms with Crippen LogP contribution in [0.2, 0.25) is 0 Å². The van der Waals surface area contributed by atoms with E-state index in [9.17, 15) is 0 Å². The second-order valence-electron chi connectivity index (χ2n) is 4.49. The fourth-order valence-electron chi connectivity index (χ4n) is 2.35. The van der Waals surface area contributed by atoms with E-state index in [1.807, 2.05) is 42.2 Å². The van der Waals surface area contributed by atoms with Crippen molar-refractivity contribution in [3.8, 4) is 0 Å². The van der Waals surface area contributed by atoms with Crippen molar-refractivity contribution in [2.45, 2.75) is 19.1 Å². The molecule has 6 heteroatoms. The molecule has 0 amide bonds. The second-order valence-corrected chi connectivity index (χ2v) is 4.49. The quantitative estimate of drug-likeness (QED) is 0.510. The monoisotopic (exact) mass is 261 g/mol. The molecule has 0 spiro atoms. The molecule has 0 unspecified atom stereocenters. The molecule has 0 aliphatic carbocycles. The fraction of sp³-hybridized carbons (Fsp3) is 0.385. The highest BCUT2D eigenvalue weighted by Crippen LogP contribution is 2.29. The maximum absolute atomic E-state index is 8.01. The van der Waals surface area contributed by atoms with Gasteiger partial charge in [0.25, 0.3) is 0 Å². The number of hydrogen-bond donors (Lipinski definition) is 3. The first-order valence-electron chi connectivity index (χ1n) is 6.21. The summed E-state index contributed by atoms with van der Waals surface area (Å²) in [4.78, 5) is 5.70. The molecule has 0 bridgehead atoms. The lowest BCUT2D eigenvalue weighted by Crippen LogP contribution is -2.47. The molecule has 1 saturated heterocycles. The van der Waals surface area contributed by atoms with Gasteiger partial charge in [-0.15, -0.1) is 0 Å². The zero-order valence-corrected chi connectivity index (χ0v) is 10.9. The zero-order valence-electron chi connectivity index (χ0n) is 10.9. The number of morpholine rings is 1. The van der Waals surface area contributed by atoms with Crippen molar-refractivity contribution < 1.29 is 4.74 Å². The number of guanidine groups is 2. The molecule has 1 aromatic rings. The van der Waals surface area contributed by atoms with Gasteiger partial charge in [-0.3, -0.25) is 5.41 Å². The molecule has 1 aliphatic rings. The van der Waals surface area contributed by atoms with E-state index < -0.39 is 0 Å². The van der Waals surface area contributed by atoms with Crippen molar-refractivity contribution in [2.75, 3.05) is 13.2 Å². The number of nitrogens with zero attached hydrogens (tertiary/aromatic N) is 2. The number of ether oxygens (including phenoxy) is 1. The summed E-state index contributed by atoms with van der Waals surface area (Å²) in [6, 6.07) is 9.89. The van der Waals surface area contributed by atoms with E-state index in [0.717, 1.165) is 5.56 Å². The first-order valence-corrected chi connectivity index (χ1v) is 6.21. The van der Waals surface area contributed by atoms with E-state index in [1.165, 1.54) is 0 Å². The van der Waals surface area contributed by atoms with Crippen LogP contribution in [0.4, 0.5) is 0 Å². The average molecular weight is 261 g/mol. The van der Waals surface area contributed by atoms with Crippen molar-refractivity contribution in [1.29, 1.82) is 5.41 Å². The summed E-state index contributed by atoms with van der Waals surface area (Å²) in [6.07, 6.45) is -0.0225. The van der Waals surface area contributed by atoms with Gasteiger partial charge in [0.15, 0.2) is 5.96 Å². The van der Waals surface area contributed by atoms with Crippen LogP contribution in [0.3, 0.4) is 0 Å². The molecule has 1 aliphatic heterocycles. The van der Waals surface area contributed by atoms with Crippen molar-refractivity contribution in [3.05, 3.63) is 35.9 Å². The highest BCUT2D eigenvalue weighted by Gasteiger charge is 2.32. The van der Waals surface area contributed by atoms with Crippen LogP contribution in [0.5, 0.6) is 0 Å². The number of aliphatic imine (C=N–C) groups is 1. The third-order valence-corrected chi connectivity index (χ3v) is 3.14. The van der Waals surface area contributed by atoms with E-state index in [-0.39, 0.29) is 24.1 Å². The molecule has 1 fully saturated rings. The van der Waals surface area contributed by atoms with Crippen LogP contribution >= 0.6 is 0 Å². The Bertz CT molecular complexity index is 469. The van der Waals surface area contributed by atoms with Gasteiger partial charge in [-0.25, -0.2) is 0 Å². The smallest absolute Gasteiger partial charge is 0.221 e. The summed E-state index contributed by atoms with van der Waals surface area (Å²) in [7, 11) is 0. The highest BCUT2D eigenvalue weighted by atomic mass is 16.5. The molecule has 1 aromatic carbocycles. The molecule has 0 radical (unpaired) electrons. The maximum Gasteiger partial charge on any atom is 0.221 e. The van der Waals surface area contributed by atoms with E-state index in [1.54, 1.807) is 0 Å². The van der Waals surface area contributed by atoms with Crippen molar-refractivity contribution in [3.63, 3.8) is 0 Å². The molecular formula is C13H19N5O. The minimum Gasteiger partial charge on any atom is -0.374 e. The largest absolute Gasteiger partial charge is 0.374 e. The van der Waals surface area contributed by atoms with E-state index in [4.69, 9.17) is 21.6 Å². The predicted molar refractivity (Wildman–Crippen MR) is 74.8 cm³/mol. The van der Waals surface area contributed by atoms with Gasteiger partial charge in [0.1, 0.15) is 0 Å². The number of benzene rings is 1. The average Bonchev–Trinajstić information content (AvgIpc) is 2.38. The fourth-order valence-corrected chi connectivity index (χ4v) is 2.35. The highest BCUT2D eigenvalue weighted by molar-refractivity contribution is 5.92. The summed E-state index contributed by atoms with van der Waals surface area (Å²) in [6.45, 7) is 3.15. The Labute approximate surface area is 112 Å². The van der Waals surface area contributed by atoms with E-state index in [0.29, 0.717) is 13.2 Å². The van der Waals surface area contributed by atoms with Crippen molar-refractivity contribution in [1.82, 2.24) is 4.90 Å². The van der Waals surface area contributed by atoms with Crippen LogP contribution < -0.4 is 11.5 Å². The normalized spacial score (nSPS) is 22.9. The minimum absolute atomic E-state index is 0.0225. The third kappa shape index (κ3) is 3.03. The SMILES string of the molecule is C[C@@H]1OCCN(C(=N)N=C(N)N)[C@@H]1c1ccccc1. The van der Waals surface area contributed by atoms with Gasteiger partial charge < -0.3 is 21.1 Å². The van der Waals surface area contributed by atoms with Gasteiger partial charge in [0, 0.05) is 6.54 Å². The van der Waals surface area contributed by atoms with Gasteiger partial charge in [0.2, 0.25) is 5.96 Å². The van der Waals surface area contributed by atoms with E-state index in [2.05, 4.69) is 4.99 Å². The molecule has 2 atom stereocenters. The van der Waals surface area contributed by atoms with Crippen molar-refractivity contribution >= 4 is 11.9 Å². The molecule has 0 aromatic heterocycles. The van der Waals surface area contributed by atoms with Crippen LogP contribution in [0.1, 0.15) is 18.5 Å². The Morgan fingerprint density at radius 2 is 2.05 bits per heavy atom. The molecule has 102 valence electrons. The van der Waals surface area contributed by atoms with Gasteiger partial charge in [-0.2, -0.15) is 4.99 Å². The van der Waals surface area contributed by atoms with Crippen LogP contribution in [0.15, 0.2) is 35.3 Å². The number of rotatable bonds is 1. The topological polar surface area (TPSA) is 101 Å². The van der Waals surface area contributed by atoms with E-state index >= 15 is 0 Å². The van der Waals surface area contributed by atoms with Gasteiger partial charge >= 0.3 is 0 Å². The molecule has 2 rings (SSSR count). The zero-order chi connectivity index (χ0) is 13.8. The first kappa shape index (κ1) is 13.4. The lowest BCUT2D eigenvalue weighted by atomic mass is 9.99. The number of hydrogen-bond acceptors (Lipinski definition) is 2. The molecule has 1 heterocycles. The van der Waals surface area contributed by atoms with Gasteiger partial charge in [-0.05, 0) is 12.5 Å². The molecule has 5 N–H and O–H groups in total. The van der Waals surface area contributed by atoms with Crippen LogP contribution in [-0.4, -0.2) is 36.1 Å².